The lowest BCUT2D eigenvalue weighted by Crippen LogP contribution is -2.34. The number of fused-ring (bicyclic) bond motifs is 2. The maximum atomic E-state index is 13.2. The zero-order valence-corrected chi connectivity index (χ0v) is 17.1. The SMILES string of the molecule is CCN(CC)C(=O)CC1CSc2nc3c(cnn3-c3ccc(C)cc3)c(=O)n21. The summed E-state index contributed by atoms with van der Waals surface area (Å²) < 4.78 is 3.38. The van der Waals surface area contributed by atoms with E-state index in [0.717, 1.165) is 11.3 Å². The van der Waals surface area contributed by atoms with Gasteiger partial charge in [-0.1, -0.05) is 29.5 Å². The fraction of sp³-hybridized carbons (Fsp3) is 0.400. The molecule has 1 aliphatic rings. The zero-order chi connectivity index (χ0) is 19.8. The highest BCUT2D eigenvalue weighted by Gasteiger charge is 2.30. The van der Waals surface area contributed by atoms with Gasteiger partial charge >= 0.3 is 0 Å². The third-order valence-corrected chi connectivity index (χ3v) is 6.27. The molecule has 1 aliphatic heterocycles. The molecule has 1 aromatic carbocycles. The van der Waals surface area contributed by atoms with Gasteiger partial charge in [0, 0.05) is 25.3 Å². The predicted molar refractivity (Wildman–Crippen MR) is 110 cm³/mol. The van der Waals surface area contributed by atoms with Crippen LogP contribution in [-0.4, -0.2) is 49.0 Å². The number of carbonyl (C=O) groups excluding carboxylic acids is 1. The van der Waals surface area contributed by atoms with E-state index < -0.39 is 0 Å². The van der Waals surface area contributed by atoms with E-state index in [2.05, 4.69) is 5.10 Å². The summed E-state index contributed by atoms with van der Waals surface area (Å²) in [6.45, 7) is 7.32. The van der Waals surface area contributed by atoms with Crippen LogP contribution in [0.3, 0.4) is 0 Å². The van der Waals surface area contributed by atoms with Crippen molar-refractivity contribution in [1.29, 1.82) is 0 Å². The molecule has 28 heavy (non-hydrogen) atoms. The molecule has 7 nitrogen and oxygen atoms in total. The summed E-state index contributed by atoms with van der Waals surface area (Å²) in [5.41, 5.74) is 2.46. The molecular weight excluding hydrogens is 374 g/mol. The standard InChI is InChI=1S/C20H23N5O2S/c1-4-23(5-2)17(26)10-15-12-28-20-22-18-16(19(27)24(15)20)11-21-25(18)14-8-6-13(3)7-9-14/h6-9,11,15H,4-5,10,12H2,1-3H3. The highest BCUT2D eigenvalue weighted by Crippen LogP contribution is 2.33. The second kappa shape index (κ2) is 7.43. The summed E-state index contributed by atoms with van der Waals surface area (Å²) in [6.07, 6.45) is 1.89. The lowest BCUT2D eigenvalue weighted by atomic mass is 10.2. The molecule has 0 aliphatic carbocycles. The van der Waals surface area contributed by atoms with Crippen LogP contribution in [-0.2, 0) is 4.79 Å². The topological polar surface area (TPSA) is 73.0 Å². The predicted octanol–water partition coefficient (Wildman–Crippen LogP) is 2.80. The molecule has 4 rings (SSSR count). The van der Waals surface area contributed by atoms with Crippen molar-refractivity contribution in [1.82, 2.24) is 24.2 Å². The van der Waals surface area contributed by atoms with Crippen molar-refractivity contribution in [2.45, 2.75) is 38.4 Å². The summed E-state index contributed by atoms with van der Waals surface area (Å²) >= 11 is 1.52. The van der Waals surface area contributed by atoms with E-state index in [1.807, 2.05) is 45.0 Å². The fourth-order valence-electron chi connectivity index (χ4n) is 3.56. The molecule has 3 heterocycles. The minimum Gasteiger partial charge on any atom is -0.343 e. The van der Waals surface area contributed by atoms with Gasteiger partial charge in [0.05, 0.1) is 17.9 Å². The Morgan fingerprint density at radius 1 is 1.25 bits per heavy atom. The second-order valence-corrected chi connectivity index (χ2v) is 7.92. The van der Waals surface area contributed by atoms with Crippen LogP contribution in [0.15, 0.2) is 40.4 Å². The number of amides is 1. The molecule has 2 aromatic heterocycles. The molecule has 0 saturated carbocycles. The van der Waals surface area contributed by atoms with Crippen LogP contribution in [0.2, 0.25) is 0 Å². The van der Waals surface area contributed by atoms with E-state index in [1.165, 1.54) is 11.8 Å². The van der Waals surface area contributed by atoms with Crippen molar-refractivity contribution in [2.24, 2.45) is 0 Å². The molecule has 3 aromatic rings. The van der Waals surface area contributed by atoms with Gasteiger partial charge in [0.15, 0.2) is 10.8 Å². The first-order valence-electron chi connectivity index (χ1n) is 9.51. The van der Waals surface area contributed by atoms with Crippen LogP contribution in [0.25, 0.3) is 16.7 Å². The number of aromatic nitrogens is 4. The molecule has 0 fully saturated rings. The summed E-state index contributed by atoms with van der Waals surface area (Å²) in [4.78, 5) is 32.2. The van der Waals surface area contributed by atoms with Crippen molar-refractivity contribution in [3.8, 4) is 5.69 Å². The van der Waals surface area contributed by atoms with Gasteiger partial charge in [-0.2, -0.15) is 5.10 Å². The number of hydrogen-bond donors (Lipinski definition) is 0. The van der Waals surface area contributed by atoms with Crippen LogP contribution in [0.1, 0.15) is 31.9 Å². The van der Waals surface area contributed by atoms with Gasteiger partial charge in [-0.25, -0.2) is 9.67 Å². The quantitative estimate of drug-likeness (QED) is 0.619. The molecule has 0 radical (unpaired) electrons. The minimum absolute atomic E-state index is 0.0748. The second-order valence-electron chi connectivity index (χ2n) is 6.93. The lowest BCUT2D eigenvalue weighted by Gasteiger charge is -2.21. The van der Waals surface area contributed by atoms with Gasteiger partial charge in [0.25, 0.3) is 5.56 Å². The number of carbonyl (C=O) groups is 1. The first kappa shape index (κ1) is 18.7. The third kappa shape index (κ3) is 3.11. The smallest absolute Gasteiger partial charge is 0.265 e. The van der Waals surface area contributed by atoms with E-state index in [9.17, 15) is 9.59 Å². The lowest BCUT2D eigenvalue weighted by molar-refractivity contribution is -0.131. The molecular formula is C20H23N5O2S. The molecule has 0 spiro atoms. The average molecular weight is 398 g/mol. The number of nitrogens with zero attached hydrogens (tertiary/aromatic N) is 5. The van der Waals surface area contributed by atoms with Crippen molar-refractivity contribution < 1.29 is 4.79 Å². The van der Waals surface area contributed by atoms with Crippen LogP contribution >= 0.6 is 11.8 Å². The van der Waals surface area contributed by atoms with E-state index in [4.69, 9.17) is 4.98 Å². The Labute approximate surface area is 167 Å². The van der Waals surface area contributed by atoms with Gasteiger partial charge in [-0.05, 0) is 32.9 Å². The van der Waals surface area contributed by atoms with Crippen molar-refractivity contribution in [3.05, 3.63) is 46.4 Å². The van der Waals surface area contributed by atoms with Gasteiger partial charge < -0.3 is 4.90 Å². The maximum absolute atomic E-state index is 13.2. The molecule has 1 amide bonds. The third-order valence-electron chi connectivity index (χ3n) is 5.18. The highest BCUT2D eigenvalue weighted by molar-refractivity contribution is 7.99. The fourth-order valence-corrected chi connectivity index (χ4v) is 4.69. The van der Waals surface area contributed by atoms with E-state index in [1.54, 1.807) is 20.3 Å². The van der Waals surface area contributed by atoms with Crippen LogP contribution < -0.4 is 5.56 Å². The Kier molecular flexibility index (Phi) is 4.97. The zero-order valence-electron chi connectivity index (χ0n) is 16.3. The summed E-state index contributed by atoms with van der Waals surface area (Å²) in [5, 5.41) is 5.53. The number of benzene rings is 1. The van der Waals surface area contributed by atoms with E-state index in [-0.39, 0.29) is 17.5 Å². The Morgan fingerprint density at radius 3 is 2.64 bits per heavy atom. The normalized spacial score (nSPS) is 15.8. The molecule has 8 heteroatoms. The van der Waals surface area contributed by atoms with Crippen molar-refractivity contribution in [2.75, 3.05) is 18.8 Å². The number of hydrogen-bond acceptors (Lipinski definition) is 5. The highest BCUT2D eigenvalue weighted by atomic mass is 32.2. The van der Waals surface area contributed by atoms with E-state index >= 15 is 0 Å². The average Bonchev–Trinajstić information content (AvgIpc) is 3.29. The first-order chi connectivity index (χ1) is 13.5. The Hall–Kier alpha value is -2.61. The van der Waals surface area contributed by atoms with Crippen molar-refractivity contribution in [3.63, 3.8) is 0 Å². The molecule has 1 unspecified atom stereocenters. The van der Waals surface area contributed by atoms with Crippen molar-refractivity contribution >= 4 is 28.7 Å². The van der Waals surface area contributed by atoms with Gasteiger partial charge in [-0.3, -0.25) is 14.2 Å². The molecule has 0 bridgehead atoms. The Morgan fingerprint density at radius 2 is 1.96 bits per heavy atom. The van der Waals surface area contributed by atoms with E-state index in [0.29, 0.717) is 41.5 Å². The monoisotopic (exact) mass is 397 g/mol. The number of rotatable bonds is 5. The molecule has 1 atom stereocenters. The van der Waals surface area contributed by atoms with Crippen LogP contribution in [0, 0.1) is 6.92 Å². The maximum Gasteiger partial charge on any atom is 0.265 e. The number of thioether (sulfide) groups is 1. The summed E-state index contributed by atoms with van der Waals surface area (Å²) in [5.74, 6) is 0.755. The van der Waals surface area contributed by atoms with Crippen LogP contribution in [0.5, 0.6) is 0 Å². The molecule has 146 valence electrons. The largest absolute Gasteiger partial charge is 0.343 e. The minimum atomic E-state index is -0.166. The Bertz CT molecular complexity index is 1080. The summed E-state index contributed by atoms with van der Waals surface area (Å²) in [7, 11) is 0. The van der Waals surface area contributed by atoms with Crippen LogP contribution in [0.4, 0.5) is 0 Å². The first-order valence-corrected chi connectivity index (χ1v) is 10.5. The van der Waals surface area contributed by atoms with Gasteiger partial charge in [-0.15, -0.1) is 0 Å². The van der Waals surface area contributed by atoms with Gasteiger partial charge in [0.2, 0.25) is 5.91 Å². The Balaban J connectivity index is 1.73. The van der Waals surface area contributed by atoms with Gasteiger partial charge in [0.1, 0.15) is 5.39 Å². The number of aryl methyl sites for hydroxylation is 1. The summed E-state index contributed by atoms with van der Waals surface area (Å²) in [6, 6.07) is 7.78. The molecule has 0 saturated heterocycles. The molecule has 0 N–H and O–H groups in total.